The molecular formula is C16H19N3O. The summed E-state index contributed by atoms with van der Waals surface area (Å²) < 4.78 is 0. The number of aromatic amines is 1. The Morgan fingerprint density at radius 3 is 2.65 bits per heavy atom. The van der Waals surface area contributed by atoms with Gasteiger partial charge in [-0.3, -0.25) is 9.89 Å². The van der Waals surface area contributed by atoms with Crippen molar-refractivity contribution in [1.29, 1.82) is 0 Å². The van der Waals surface area contributed by atoms with Crippen LogP contribution in [0.3, 0.4) is 0 Å². The molecule has 1 saturated heterocycles. The molecule has 0 unspecified atom stereocenters. The highest BCUT2D eigenvalue weighted by molar-refractivity contribution is 5.99. The van der Waals surface area contributed by atoms with E-state index in [1.807, 2.05) is 35.2 Å². The number of aromatic nitrogens is 2. The van der Waals surface area contributed by atoms with Crippen LogP contribution in [-0.4, -0.2) is 34.1 Å². The van der Waals surface area contributed by atoms with Crippen molar-refractivity contribution in [3.05, 3.63) is 42.1 Å². The minimum Gasteiger partial charge on any atom is -0.339 e. The third-order valence-corrected chi connectivity index (χ3v) is 4.00. The molecule has 1 amide bonds. The van der Waals surface area contributed by atoms with Crippen LogP contribution in [0, 0.1) is 5.92 Å². The van der Waals surface area contributed by atoms with Crippen LogP contribution >= 0.6 is 0 Å². The van der Waals surface area contributed by atoms with Crippen LogP contribution in [0.5, 0.6) is 0 Å². The number of carbonyl (C=O) groups is 1. The molecule has 1 aromatic carbocycles. The summed E-state index contributed by atoms with van der Waals surface area (Å²) in [6.45, 7) is 3.94. The van der Waals surface area contributed by atoms with Gasteiger partial charge in [0.15, 0.2) is 0 Å². The number of likely N-dealkylation sites (tertiary alicyclic amines) is 1. The van der Waals surface area contributed by atoms with Gasteiger partial charge < -0.3 is 4.90 Å². The highest BCUT2D eigenvalue weighted by Gasteiger charge is 2.24. The van der Waals surface area contributed by atoms with Crippen LogP contribution < -0.4 is 0 Å². The lowest BCUT2D eigenvalue weighted by Gasteiger charge is -2.30. The van der Waals surface area contributed by atoms with Crippen molar-refractivity contribution in [2.24, 2.45) is 5.92 Å². The number of H-pyrrole nitrogens is 1. The molecule has 2 aromatic rings. The van der Waals surface area contributed by atoms with E-state index in [-0.39, 0.29) is 5.91 Å². The summed E-state index contributed by atoms with van der Waals surface area (Å²) in [6, 6.07) is 9.87. The fourth-order valence-electron chi connectivity index (χ4n) is 2.66. The first-order valence-electron chi connectivity index (χ1n) is 7.14. The van der Waals surface area contributed by atoms with Crippen LogP contribution in [0.2, 0.25) is 0 Å². The third kappa shape index (κ3) is 2.46. The molecule has 2 heterocycles. The lowest BCUT2D eigenvalue weighted by atomic mass is 9.98. The Morgan fingerprint density at radius 2 is 1.95 bits per heavy atom. The van der Waals surface area contributed by atoms with Gasteiger partial charge in [0.2, 0.25) is 0 Å². The predicted octanol–water partition coefficient (Wildman–Crippen LogP) is 2.95. The number of piperidine rings is 1. The van der Waals surface area contributed by atoms with Crippen LogP contribution in [0.1, 0.15) is 30.1 Å². The summed E-state index contributed by atoms with van der Waals surface area (Å²) in [5, 5.41) is 7.01. The summed E-state index contributed by atoms with van der Waals surface area (Å²) in [5.41, 5.74) is 2.48. The zero-order valence-electron chi connectivity index (χ0n) is 11.7. The highest BCUT2D eigenvalue weighted by Crippen LogP contribution is 2.24. The maximum absolute atomic E-state index is 12.6. The molecule has 1 aromatic heterocycles. The minimum absolute atomic E-state index is 0.0875. The predicted molar refractivity (Wildman–Crippen MR) is 78.3 cm³/mol. The molecule has 1 aliphatic heterocycles. The molecule has 0 atom stereocenters. The average Bonchev–Trinajstić information content (AvgIpc) is 2.97. The van der Waals surface area contributed by atoms with Gasteiger partial charge in [-0.25, -0.2) is 0 Å². The van der Waals surface area contributed by atoms with Gasteiger partial charge in [-0.05, 0) is 18.8 Å². The van der Waals surface area contributed by atoms with Crippen molar-refractivity contribution in [3.8, 4) is 11.3 Å². The molecule has 0 radical (unpaired) electrons. The van der Waals surface area contributed by atoms with Crippen molar-refractivity contribution in [2.45, 2.75) is 19.8 Å². The normalized spacial score (nSPS) is 16.4. The Balaban J connectivity index is 1.85. The molecule has 4 nitrogen and oxygen atoms in total. The molecule has 1 aliphatic rings. The van der Waals surface area contributed by atoms with Crippen LogP contribution in [0.25, 0.3) is 11.3 Å². The number of hydrogen-bond donors (Lipinski definition) is 1. The Bertz CT molecular complexity index is 583. The monoisotopic (exact) mass is 269 g/mol. The maximum Gasteiger partial charge on any atom is 0.257 e. The molecular weight excluding hydrogens is 250 g/mol. The smallest absolute Gasteiger partial charge is 0.257 e. The number of benzene rings is 1. The maximum atomic E-state index is 12.6. The summed E-state index contributed by atoms with van der Waals surface area (Å²) in [7, 11) is 0. The van der Waals surface area contributed by atoms with E-state index >= 15 is 0 Å². The Kier molecular flexibility index (Phi) is 3.54. The van der Waals surface area contributed by atoms with Gasteiger partial charge in [-0.2, -0.15) is 5.10 Å². The van der Waals surface area contributed by atoms with E-state index in [1.54, 1.807) is 6.20 Å². The Morgan fingerprint density at radius 1 is 1.25 bits per heavy atom. The van der Waals surface area contributed by atoms with Crippen LogP contribution in [-0.2, 0) is 0 Å². The van der Waals surface area contributed by atoms with E-state index in [1.165, 1.54) is 0 Å². The molecule has 0 saturated carbocycles. The summed E-state index contributed by atoms with van der Waals surface area (Å²) in [4.78, 5) is 14.6. The highest BCUT2D eigenvalue weighted by atomic mass is 16.2. The summed E-state index contributed by atoms with van der Waals surface area (Å²) in [5.74, 6) is 0.807. The van der Waals surface area contributed by atoms with E-state index in [2.05, 4.69) is 17.1 Å². The van der Waals surface area contributed by atoms with Gasteiger partial charge in [-0.15, -0.1) is 0 Å². The lowest BCUT2D eigenvalue weighted by molar-refractivity contribution is 0.0698. The molecule has 0 spiro atoms. The lowest BCUT2D eigenvalue weighted by Crippen LogP contribution is -2.37. The molecule has 1 N–H and O–H groups in total. The first-order valence-corrected chi connectivity index (χ1v) is 7.14. The van der Waals surface area contributed by atoms with Gasteiger partial charge in [0, 0.05) is 18.7 Å². The quantitative estimate of drug-likeness (QED) is 0.911. The number of carbonyl (C=O) groups excluding carboxylic acids is 1. The van der Waals surface area contributed by atoms with E-state index in [0.717, 1.165) is 43.1 Å². The zero-order valence-corrected chi connectivity index (χ0v) is 11.7. The number of hydrogen-bond acceptors (Lipinski definition) is 2. The van der Waals surface area contributed by atoms with Crippen LogP contribution in [0.4, 0.5) is 0 Å². The third-order valence-electron chi connectivity index (χ3n) is 4.00. The topological polar surface area (TPSA) is 49.0 Å². The summed E-state index contributed by atoms with van der Waals surface area (Å²) >= 11 is 0. The second kappa shape index (κ2) is 5.49. The first kappa shape index (κ1) is 12.9. The van der Waals surface area contributed by atoms with Crippen LogP contribution in [0.15, 0.2) is 36.5 Å². The van der Waals surface area contributed by atoms with Crippen molar-refractivity contribution in [1.82, 2.24) is 15.1 Å². The molecule has 20 heavy (non-hydrogen) atoms. The fourth-order valence-corrected chi connectivity index (χ4v) is 2.66. The minimum atomic E-state index is 0.0875. The molecule has 1 fully saturated rings. The van der Waals surface area contributed by atoms with E-state index in [9.17, 15) is 4.79 Å². The van der Waals surface area contributed by atoms with E-state index in [0.29, 0.717) is 5.56 Å². The Labute approximate surface area is 118 Å². The van der Waals surface area contributed by atoms with Gasteiger partial charge in [0.1, 0.15) is 0 Å². The average molecular weight is 269 g/mol. The first-order chi connectivity index (χ1) is 9.75. The van der Waals surface area contributed by atoms with Crippen molar-refractivity contribution in [3.63, 3.8) is 0 Å². The number of nitrogens with one attached hydrogen (secondary N) is 1. The van der Waals surface area contributed by atoms with Gasteiger partial charge in [0.05, 0.1) is 17.5 Å². The number of nitrogens with zero attached hydrogens (tertiary/aromatic N) is 2. The SMILES string of the molecule is CC1CCN(C(=O)c2cn[nH]c2-c2ccccc2)CC1. The van der Waals surface area contributed by atoms with Gasteiger partial charge in [-0.1, -0.05) is 37.3 Å². The van der Waals surface area contributed by atoms with E-state index < -0.39 is 0 Å². The number of amides is 1. The largest absolute Gasteiger partial charge is 0.339 e. The van der Waals surface area contributed by atoms with Gasteiger partial charge >= 0.3 is 0 Å². The van der Waals surface area contributed by atoms with E-state index in [4.69, 9.17) is 0 Å². The van der Waals surface area contributed by atoms with Crippen molar-refractivity contribution < 1.29 is 4.79 Å². The zero-order chi connectivity index (χ0) is 13.9. The van der Waals surface area contributed by atoms with Crippen molar-refractivity contribution >= 4 is 5.91 Å². The van der Waals surface area contributed by atoms with Gasteiger partial charge in [0.25, 0.3) is 5.91 Å². The molecule has 0 aliphatic carbocycles. The fraction of sp³-hybridized carbons (Fsp3) is 0.375. The molecule has 104 valence electrons. The van der Waals surface area contributed by atoms with Crippen molar-refractivity contribution in [2.75, 3.05) is 13.1 Å². The standard InChI is InChI=1S/C16H19N3O/c1-12-7-9-19(10-8-12)16(20)14-11-17-18-15(14)13-5-3-2-4-6-13/h2-6,11-12H,7-10H2,1H3,(H,17,18). The number of rotatable bonds is 2. The Hall–Kier alpha value is -2.10. The molecule has 3 rings (SSSR count). The molecule has 4 heteroatoms. The second-order valence-corrected chi connectivity index (χ2v) is 5.50. The second-order valence-electron chi connectivity index (χ2n) is 5.50. The summed E-state index contributed by atoms with van der Waals surface area (Å²) in [6.07, 6.45) is 3.82. The molecule has 0 bridgehead atoms.